The summed E-state index contributed by atoms with van der Waals surface area (Å²) in [5.74, 6) is 0.623. The highest BCUT2D eigenvalue weighted by molar-refractivity contribution is 5.26. The van der Waals surface area contributed by atoms with E-state index in [0.717, 1.165) is 29.9 Å². The van der Waals surface area contributed by atoms with E-state index in [9.17, 15) is 4.39 Å². The Balaban J connectivity index is 2.00. The topological polar surface area (TPSA) is 55.6 Å². The highest BCUT2D eigenvalue weighted by Gasteiger charge is 2.06. The molecule has 0 bridgehead atoms. The summed E-state index contributed by atoms with van der Waals surface area (Å²) in [5, 5.41) is 14.8. The second-order valence-corrected chi connectivity index (χ2v) is 4.42. The molecule has 1 aromatic heterocycles. The maximum atomic E-state index is 13.0. The number of tetrazole rings is 1. The maximum absolute atomic E-state index is 13.0. The van der Waals surface area contributed by atoms with Crippen LogP contribution >= 0.6 is 0 Å². The van der Waals surface area contributed by atoms with Crippen LogP contribution in [-0.4, -0.2) is 26.8 Å². The molecular weight excluding hydrogens is 245 g/mol. The van der Waals surface area contributed by atoms with Crippen molar-refractivity contribution in [3.63, 3.8) is 0 Å². The van der Waals surface area contributed by atoms with Crippen LogP contribution in [0.25, 0.3) is 0 Å². The zero-order valence-electron chi connectivity index (χ0n) is 11.2. The van der Waals surface area contributed by atoms with Crippen LogP contribution in [0.2, 0.25) is 0 Å². The summed E-state index contributed by atoms with van der Waals surface area (Å²) >= 11 is 0. The molecule has 0 aliphatic heterocycles. The molecule has 0 aliphatic rings. The number of rotatable bonds is 6. The van der Waals surface area contributed by atoms with E-state index in [1.54, 1.807) is 10.7 Å². The van der Waals surface area contributed by atoms with Gasteiger partial charge in [0.05, 0.1) is 6.54 Å². The van der Waals surface area contributed by atoms with E-state index in [-0.39, 0.29) is 5.82 Å². The Morgan fingerprint density at radius 3 is 2.95 bits per heavy atom. The van der Waals surface area contributed by atoms with Gasteiger partial charge in [-0.05, 0) is 53.6 Å². The van der Waals surface area contributed by atoms with Crippen molar-refractivity contribution in [1.29, 1.82) is 0 Å². The fraction of sp³-hybridized carbons (Fsp3) is 0.462. The molecule has 0 fully saturated rings. The van der Waals surface area contributed by atoms with Crippen LogP contribution in [0.15, 0.2) is 18.2 Å². The lowest BCUT2D eigenvalue weighted by atomic mass is 10.1. The minimum atomic E-state index is -0.198. The zero-order valence-corrected chi connectivity index (χ0v) is 11.2. The normalized spacial score (nSPS) is 10.9. The van der Waals surface area contributed by atoms with Gasteiger partial charge in [-0.25, -0.2) is 9.07 Å². The highest BCUT2D eigenvalue weighted by atomic mass is 19.1. The van der Waals surface area contributed by atoms with Crippen molar-refractivity contribution in [3.8, 4) is 0 Å². The average Bonchev–Trinajstić information content (AvgIpc) is 2.83. The predicted octanol–water partition coefficient (Wildman–Crippen LogP) is 1.47. The molecule has 0 unspecified atom stereocenters. The van der Waals surface area contributed by atoms with Crippen molar-refractivity contribution < 1.29 is 4.39 Å². The Morgan fingerprint density at radius 1 is 1.37 bits per heavy atom. The molecule has 19 heavy (non-hydrogen) atoms. The number of nitrogens with zero attached hydrogens (tertiary/aromatic N) is 4. The number of nitrogens with one attached hydrogen (secondary N) is 1. The second-order valence-electron chi connectivity index (χ2n) is 4.42. The molecule has 0 atom stereocenters. The van der Waals surface area contributed by atoms with Gasteiger partial charge in [0.2, 0.25) is 0 Å². The zero-order chi connectivity index (χ0) is 13.7. The molecule has 6 heteroatoms. The Hall–Kier alpha value is -1.82. The summed E-state index contributed by atoms with van der Waals surface area (Å²) in [6.45, 7) is 6.18. The van der Waals surface area contributed by atoms with E-state index in [4.69, 9.17) is 0 Å². The first-order chi connectivity index (χ1) is 9.20. The molecule has 102 valence electrons. The molecule has 0 saturated heterocycles. The van der Waals surface area contributed by atoms with Crippen molar-refractivity contribution >= 4 is 0 Å². The number of aromatic nitrogens is 4. The third-order valence-corrected chi connectivity index (χ3v) is 3.04. The van der Waals surface area contributed by atoms with E-state index in [1.165, 1.54) is 6.07 Å². The SMILES string of the molecule is CCNCc1nnnn1CCc1ccc(F)cc1C. The van der Waals surface area contributed by atoms with Gasteiger partial charge in [0.15, 0.2) is 5.82 Å². The molecule has 5 nitrogen and oxygen atoms in total. The van der Waals surface area contributed by atoms with E-state index in [1.807, 2.05) is 19.9 Å². The molecule has 0 radical (unpaired) electrons. The summed E-state index contributed by atoms with van der Waals surface area (Å²) in [6, 6.07) is 4.86. The summed E-state index contributed by atoms with van der Waals surface area (Å²) in [6.07, 6.45) is 0.788. The van der Waals surface area contributed by atoms with Crippen LogP contribution < -0.4 is 5.32 Å². The minimum Gasteiger partial charge on any atom is -0.310 e. The van der Waals surface area contributed by atoms with Crippen LogP contribution in [0, 0.1) is 12.7 Å². The van der Waals surface area contributed by atoms with Crippen LogP contribution in [0.1, 0.15) is 23.9 Å². The number of benzene rings is 1. The van der Waals surface area contributed by atoms with Gasteiger partial charge in [-0.1, -0.05) is 13.0 Å². The van der Waals surface area contributed by atoms with Gasteiger partial charge in [0.25, 0.3) is 0 Å². The fourth-order valence-electron chi connectivity index (χ4n) is 1.93. The quantitative estimate of drug-likeness (QED) is 0.857. The standard InChI is InChI=1S/C13H18FN5/c1-3-15-9-13-16-17-18-19(13)7-6-11-4-5-12(14)8-10(11)2/h4-5,8,15H,3,6-7,9H2,1-2H3. The van der Waals surface area contributed by atoms with Crippen molar-refractivity contribution in [3.05, 3.63) is 41.0 Å². The average molecular weight is 263 g/mol. The van der Waals surface area contributed by atoms with E-state index in [0.29, 0.717) is 13.1 Å². The molecule has 2 aromatic rings. The lowest BCUT2D eigenvalue weighted by Gasteiger charge is -2.07. The molecule has 0 aliphatic carbocycles. The van der Waals surface area contributed by atoms with Crippen molar-refractivity contribution in [2.24, 2.45) is 0 Å². The third-order valence-electron chi connectivity index (χ3n) is 3.04. The minimum absolute atomic E-state index is 0.198. The number of hydrogen-bond acceptors (Lipinski definition) is 4. The lowest BCUT2D eigenvalue weighted by molar-refractivity contribution is 0.544. The van der Waals surface area contributed by atoms with E-state index < -0.39 is 0 Å². The molecule has 1 heterocycles. The Bertz CT molecular complexity index is 538. The first-order valence-corrected chi connectivity index (χ1v) is 6.41. The summed E-state index contributed by atoms with van der Waals surface area (Å²) in [7, 11) is 0. The van der Waals surface area contributed by atoms with Gasteiger partial charge in [-0.3, -0.25) is 0 Å². The molecule has 0 amide bonds. The molecule has 0 saturated carbocycles. The number of halogens is 1. The Labute approximate surface area is 111 Å². The van der Waals surface area contributed by atoms with Crippen LogP contribution in [0.4, 0.5) is 4.39 Å². The number of hydrogen-bond donors (Lipinski definition) is 1. The molecule has 0 spiro atoms. The van der Waals surface area contributed by atoms with Crippen LogP contribution in [0.5, 0.6) is 0 Å². The smallest absolute Gasteiger partial charge is 0.165 e. The van der Waals surface area contributed by atoms with E-state index in [2.05, 4.69) is 20.8 Å². The van der Waals surface area contributed by atoms with Crippen LogP contribution in [0.3, 0.4) is 0 Å². The third kappa shape index (κ3) is 3.57. The largest absolute Gasteiger partial charge is 0.310 e. The molecule has 1 aromatic carbocycles. The summed E-state index contributed by atoms with van der Waals surface area (Å²) in [4.78, 5) is 0. The van der Waals surface area contributed by atoms with Crippen molar-refractivity contribution in [2.45, 2.75) is 33.4 Å². The van der Waals surface area contributed by atoms with Gasteiger partial charge in [0, 0.05) is 6.54 Å². The predicted molar refractivity (Wildman–Crippen MR) is 70.0 cm³/mol. The fourth-order valence-corrected chi connectivity index (χ4v) is 1.93. The van der Waals surface area contributed by atoms with Gasteiger partial charge in [0.1, 0.15) is 5.82 Å². The maximum Gasteiger partial charge on any atom is 0.165 e. The molecule has 1 N–H and O–H groups in total. The Kier molecular flexibility index (Phi) is 4.57. The lowest BCUT2D eigenvalue weighted by Crippen LogP contribution is -2.17. The monoisotopic (exact) mass is 263 g/mol. The van der Waals surface area contributed by atoms with Gasteiger partial charge in [-0.15, -0.1) is 5.10 Å². The van der Waals surface area contributed by atoms with Gasteiger partial charge < -0.3 is 5.32 Å². The summed E-state index contributed by atoms with van der Waals surface area (Å²) < 4.78 is 14.8. The first kappa shape index (κ1) is 13.6. The summed E-state index contributed by atoms with van der Waals surface area (Å²) in [5.41, 5.74) is 2.08. The highest BCUT2D eigenvalue weighted by Crippen LogP contribution is 2.11. The van der Waals surface area contributed by atoms with Gasteiger partial charge >= 0.3 is 0 Å². The van der Waals surface area contributed by atoms with E-state index >= 15 is 0 Å². The Morgan fingerprint density at radius 2 is 2.21 bits per heavy atom. The molecule has 2 rings (SSSR count). The van der Waals surface area contributed by atoms with Crippen LogP contribution in [-0.2, 0) is 19.5 Å². The first-order valence-electron chi connectivity index (χ1n) is 6.41. The second kappa shape index (κ2) is 6.38. The van der Waals surface area contributed by atoms with Gasteiger partial charge in [-0.2, -0.15) is 0 Å². The number of aryl methyl sites for hydroxylation is 3. The van der Waals surface area contributed by atoms with Crippen molar-refractivity contribution in [2.75, 3.05) is 6.54 Å². The van der Waals surface area contributed by atoms with Crippen molar-refractivity contribution in [1.82, 2.24) is 25.5 Å². The molecular formula is C13H18FN5.